The van der Waals surface area contributed by atoms with Crippen LogP contribution in [-0.2, 0) is 27.9 Å². The van der Waals surface area contributed by atoms with Crippen LogP contribution in [0.25, 0.3) is 11.4 Å². The second-order valence-corrected chi connectivity index (χ2v) is 19.8. The molecule has 0 saturated carbocycles. The van der Waals surface area contributed by atoms with Gasteiger partial charge in [0, 0.05) is 42.0 Å². The molecule has 5 aromatic rings. The largest absolute Gasteiger partial charge is 0.385 e. The number of nitriles is 1. The van der Waals surface area contributed by atoms with Gasteiger partial charge in [0.2, 0.25) is 5.82 Å². The van der Waals surface area contributed by atoms with Crippen molar-refractivity contribution in [2.24, 2.45) is 20.9 Å². The molecular weight excluding hydrogens is 807 g/mol. The number of hydrogen-bond acceptors (Lipinski definition) is 10. The summed E-state index contributed by atoms with van der Waals surface area (Å²) < 4.78 is 43.8. The van der Waals surface area contributed by atoms with E-state index in [4.69, 9.17) is 28.7 Å². The molecule has 2 atom stereocenters. The average Bonchev–Trinajstić information content (AvgIpc) is 3.75. The van der Waals surface area contributed by atoms with Crippen molar-refractivity contribution in [3.05, 3.63) is 107 Å². The number of rotatable bonds is 15. The molecule has 61 heavy (non-hydrogen) atoms. The molecule has 0 aliphatic carbocycles. The van der Waals surface area contributed by atoms with E-state index in [1.807, 2.05) is 74.3 Å². The van der Waals surface area contributed by atoms with Gasteiger partial charge in [0.25, 0.3) is 0 Å². The molecule has 4 aromatic carbocycles. The van der Waals surface area contributed by atoms with Gasteiger partial charge >= 0.3 is 22.5 Å². The fourth-order valence-electron chi connectivity index (χ4n) is 7.13. The number of hydrogen-bond donors (Lipinski definition) is 2. The number of nitrogens with zero attached hydrogens (tertiary/aromatic N) is 7. The molecule has 0 fully saturated rings. The highest BCUT2D eigenvalue weighted by atomic mass is 32.2. The monoisotopic (exact) mass is 861 g/mol. The van der Waals surface area contributed by atoms with E-state index in [9.17, 15) is 8.42 Å². The van der Waals surface area contributed by atoms with E-state index in [2.05, 4.69) is 82.1 Å². The van der Waals surface area contributed by atoms with Crippen molar-refractivity contribution in [2.75, 3.05) is 27.9 Å². The molecule has 1 aliphatic heterocycles. The summed E-state index contributed by atoms with van der Waals surface area (Å²) in [5, 5.41) is 18.4. The number of aliphatic imine (C=N–C) groups is 1. The van der Waals surface area contributed by atoms with Crippen LogP contribution in [0.5, 0.6) is 11.5 Å². The van der Waals surface area contributed by atoms with Crippen molar-refractivity contribution in [3.63, 3.8) is 0 Å². The topological polar surface area (TPSA) is 159 Å². The molecule has 6 rings (SSSR count). The van der Waals surface area contributed by atoms with E-state index < -0.39 is 22.5 Å². The van der Waals surface area contributed by atoms with Gasteiger partial charge in [0.05, 0.1) is 29.6 Å². The molecule has 0 spiro atoms. The van der Waals surface area contributed by atoms with Crippen LogP contribution in [-0.4, -0.2) is 48.3 Å². The lowest BCUT2D eigenvalue weighted by molar-refractivity contribution is 0.284. The molecule has 0 saturated heterocycles. The van der Waals surface area contributed by atoms with Gasteiger partial charge in [0.15, 0.2) is 5.82 Å². The van der Waals surface area contributed by atoms with Gasteiger partial charge in [-0.1, -0.05) is 73.6 Å². The maximum atomic E-state index is 13.2. The fourth-order valence-corrected chi connectivity index (χ4v) is 8.55. The van der Waals surface area contributed by atoms with Crippen LogP contribution in [0, 0.1) is 36.0 Å². The third kappa shape index (κ3) is 11.3. The highest BCUT2D eigenvalue weighted by Crippen LogP contribution is 2.38. The van der Waals surface area contributed by atoms with E-state index in [0.717, 1.165) is 45.8 Å². The molecule has 1 aromatic heterocycles. The number of aromatic nitrogens is 3. The second-order valence-electron chi connectivity index (χ2n) is 18.2. The van der Waals surface area contributed by atoms with Crippen LogP contribution in [0.15, 0.2) is 95.0 Å². The molecular formula is C46H55N9O4S2. The lowest BCUT2D eigenvalue weighted by atomic mass is 9.72. The van der Waals surface area contributed by atoms with Crippen LogP contribution >= 0.6 is 0 Å². The lowest BCUT2D eigenvalue weighted by Crippen LogP contribution is -2.27. The summed E-state index contributed by atoms with van der Waals surface area (Å²) in [7, 11) is 1.96. The highest BCUT2D eigenvalue weighted by molar-refractivity contribution is 7.82. The molecule has 2 unspecified atom stereocenters. The van der Waals surface area contributed by atoms with Crippen LogP contribution < -0.4 is 22.7 Å². The molecule has 320 valence electrons. The summed E-state index contributed by atoms with van der Waals surface area (Å²) in [6.07, 6.45) is 1.41. The molecule has 13 nitrogen and oxygen atoms in total. The Hall–Kier alpha value is -5.85. The zero-order chi connectivity index (χ0) is 44.3. The van der Waals surface area contributed by atoms with E-state index >= 15 is 0 Å². The van der Waals surface area contributed by atoms with Crippen molar-refractivity contribution in [3.8, 4) is 29.0 Å². The molecule has 0 radical (unpaired) electrons. The Morgan fingerprint density at radius 2 is 1.39 bits per heavy atom. The van der Waals surface area contributed by atoms with Crippen molar-refractivity contribution >= 4 is 56.7 Å². The first-order valence-corrected chi connectivity index (χ1v) is 22.2. The Balaban J connectivity index is 1.10. The molecule has 0 amide bonds. The summed E-state index contributed by atoms with van der Waals surface area (Å²) in [4.78, 5) is 13.4. The Labute approximate surface area is 364 Å². The summed E-state index contributed by atoms with van der Waals surface area (Å²) >= 11 is -3.87. The van der Waals surface area contributed by atoms with E-state index in [1.54, 1.807) is 30.3 Å². The van der Waals surface area contributed by atoms with E-state index in [-0.39, 0.29) is 16.2 Å². The number of aryl methyl sites for hydroxylation is 2. The van der Waals surface area contributed by atoms with Crippen LogP contribution in [0.1, 0.15) is 90.7 Å². The summed E-state index contributed by atoms with van der Waals surface area (Å²) in [5.74, 6) is 1.88. The van der Waals surface area contributed by atoms with Crippen molar-refractivity contribution in [1.29, 1.82) is 5.26 Å². The quantitative estimate of drug-likeness (QED) is 0.105. The molecule has 0 bridgehead atoms. The number of anilines is 3. The van der Waals surface area contributed by atoms with Crippen LogP contribution in [0.2, 0.25) is 0 Å². The number of benzene rings is 4. The minimum atomic E-state index is -1.96. The first kappa shape index (κ1) is 44.7. The smallest absolute Gasteiger partial charge is 0.316 e. The van der Waals surface area contributed by atoms with Gasteiger partial charge in [-0.15, -0.1) is 9.89 Å². The predicted octanol–water partition coefficient (Wildman–Crippen LogP) is 10.1. The average molecular weight is 862 g/mol. The Morgan fingerprint density at radius 3 is 2.00 bits per heavy atom. The van der Waals surface area contributed by atoms with Gasteiger partial charge in [0.1, 0.15) is 17.2 Å². The minimum Gasteiger partial charge on any atom is -0.385 e. The minimum absolute atomic E-state index is 0.105. The predicted molar refractivity (Wildman–Crippen MR) is 248 cm³/mol. The molecule has 1 aliphatic rings. The summed E-state index contributed by atoms with van der Waals surface area (Å²) in [6.45, 7) is 21.7. The van der Waals surface area contributed by atoms with Crippen molar-refractivity contribution in [2.45, 2.75) is 87.5 Å². The van der Waals surface area contributed by atoms with Crippen LogP contribution in [0.3, 0.4) is 0 Å². The SMILES string of the molecule is Cc1ccc(NS(=O)Oc2cc(C(C)(C)CC(C)(C)C)ccc2C)cc1OS(=O)Nc1ccc(-c2nc3n(n2)N=C(C(C)(C)C)C3=Nc2ccc(N(C)CCC#N)cc2)cc1. The Bertz CT molecular complexity index is 2540. The van der Waals surface area contributed by atoms with E-state index in [1.165, 1.54) is 4.79 Å². The maximum Gasteiger partial charge on any atom is 0.316 e. The first-order chi connectivity index (χ1) is 28.7. The zero-order valence-corrected chi connectivity index (χ0v) is 38.4. The van der Waals surface area contributed by atoms with Crippen molar-refractivity contribution in [1.82, 2.24) is 14.9 Å². The van der Waals surface area contributed by atoms with Gasteiger partial charge < -0.3 is 13.3 Å². The zero-order valence-electron chi connectivity index (χ0n) is 36.8. The van der Waals surface area contributed by atoms with Gasteiger partial charge in [-0.05, 0) is 108 Å². The summed E-state index contributed by atoms with van der Waals surface area (Å²) in [6, 6.07) is 28.5. The maximum absolute atomic E-state index is 13.2. The summed E-state index contributed by atoms with van der Waals surface area (Å²) in [5.41, 5.74) is 7.36. The van der Waals surface area contributed by atoms with Crippen LogP contribution in [0.4, 0.5) is 22.7 Å². The third-order valence-corrected chi connectivity index (χ3v) is 11.5. The van der Waals surface area contributed by atoms with E-state index in [0.29, 0.717) is 53.2 Å². The second kappa shape index (κ2) is 18.0. The van der Waals surface area contributed by atoms with Gasteiger partial charge in [-0.25, -0.2) is 9.98 Å². The normalized spacial score (nSPS) is 14.5. The standard InChI is InChI=1S/C46H55N9O4S2/c1-30-13-17-33(46(9,10)29-44(3,4)5)27-38(30)58-61(57)53-36-18-14-31(2)39(28-36)59-60(56)52-35-19-15-32(16-20-35)42-49-43-40(41(45(6,7)8)50-55(43)51-42)48-34-21-23-37(24-22-34)54(11)26-12-25-47/h13-24,27-28,52-53H,12,26,29H2,1-11H3. The number of nitrogens with one attached hydrogen (secondary N) is 2. The molecule has 15 heteroatoms. The third-order valence-electron chi connectivity index (χ3n) is 10.0. The first-order valence-electron chi connectivity index (χ1n) is 20.1. The lowest BCUT2D eigenvalue weighted by Gasteiger charge is -2.33. The number of fused-ring (bicyclic) bond motifs is 1. The highest BCUT2D eigenvalue weighted by Gasteiger charge is 2.35. The fraction of sp³-hybridized carbons (Fsp3) is 0.370. The Morgan fingerprint density at radius 1 is 0.803 bits per heavy atom. The van der Waals surface area contributed by atoms with Gasteiger partial charge in [-0.3, -0.25) is 9.44 Å². The van der Waals surface area contributed by atoms with Crippen molar-refractivity contribution < 1.29 is 16.8 Å². The molecule has 2 heterocycles. The van der Waals surface area contributed by atoms with Gasteiger partial charge in [-0.2, -0.15) is 18.8 Å². The Kier molecular flexibility index (Phi) is 13.2. The molecule has 2 N–H and O–H groups in total.